The predicted molar refractivity (Wildman–Crippen MR) is 99.0 cm³/mol. The molecular formula is C19H17ClFN3O2. The lowest BCUT2D eigenvalue weighted by Gasteiger charge is -2.10. The summed E-state index contributed by atoms with van der Waals surface area (Å²) in [5.41, 5.74) is 1.24. The molecular weight excluding hydrogens is 357 g/mol. The zero-order valence-electron chi connectivity index (χ0n) is 14.3. The van der Waals surface area contributed by atoms with E-state index in [-0.39, 0.29) is 40.1 Å². The number of ketones is 1. The number of aromatic amines is 1. The summed E-state index contributed by atoms with van der Waals surface area (Å²) < 4.78 is 14.3. The number of hydrogen-bond acceptors (Lipinski definition) is 3. The van der Waals surface area contributed by atoms with Crippen LogP contribution in [-0.4, -0.2) is 21.9 Å². The Morgan fingerprint density at radius 3 is 2.73 bits per heavy atom. The van der Waals surface area contributed by atoms with Crippen LogP contribution in [0.5, 0.6) is 0 Å². The lowest BCUT2D eigenvalue weighted by atomic mass is 10.0. The minimum atomic E-state index is -0.592. The normalized spacial score (nSPS) is 11.1. The van der Waals surface area contributed by atoms with Crippen LogP contribution in [0.4, 0.5) is 10.1 Å². The summed E-state index contributed by atoms with van der Waals surface area (Å²) in [6, 6.07) is 9.67. The number of aromatic nitrogens is 2. The van der Waals surface area contributed by atoms with E-state index in [1.807, 2.05) is 6.07 Å². The summed E-state index contributed by atoms with van der Waals surface area (Å²) >= 11 is 6.17. The van der Waals surface area contributed by atoms with Crippen molar-refractivity contribution in [2.75, 3.05) is 5.32 Å². The van der Waals surface area contributed by atoms with Crippen molar-refractivity contribution < 1.29 is 14.0 Å². The second-order valence-electron chi connectivity index (χ2n) is 6.29. The average molecular weight is 374 g/mol. The number of amides is 1. The van der Waals surface area contributed by atoms with Gasteiger partial charge in [0.15, 0.2) is 5.69 Å². The first-order valence-corrected chi connectivity index (χ1v) is 8.49. The third-order valence-electron chi connectivity index (χ3n) is 4.08. The molecule has 1 aromatic heterocycles. The molecule has 0 atom stereocenters. The SMILES string of the molecule is CC(C)C(=O)Cc1cc(Cl)c(NC(=O)c2n[nH]c3ccccc23)cc1F. The first-order chi connectivity index (χ1) is 12.4. The highest BCUT2D eigenvalue weighted by molar-refractivity contribution is 6.34. The van der Waals surface area contributed by atoms with Crippen LogP contribution in [0.1, 0.15) is 29.9 Å². The Hall–Kier alpha value is -2.73. The van der Waals surface area contributed by atoms with E-state index in [9.17, 15) is 14.0 Å². The van der Waals surface area contributed by atoms with Crippen LogP contribution in [0.15, 0.2) is 36.4 Å². The summed E-state index contributed by atoms with van der Waals surface area (Å²) in [6.45, 7) is 3.51. The van der Waals surface area contributed by atoms with Gasteiger partial charge in [0.25, 0.3) is 5.91 Å². The molecule has 0 radical (unpaired) electrons. The van der Waals surface area contributed by atoms with Crippen molar-refractivity contribution in [1.82, 2.24) is 10.2 Å². The quantitative estimate of drug-likeness (QED) is 0.697. The summed E-state index contributed by atoms with van der Waals surface area (Å²) in [4.78, 5) is 24.3. The fraction of sp³-hybridized carbons (Fsp3) is 0.211. The van der Waals surface area contributed by atoms with Crippen LogP contribution in [-0.2, 0) is 11.2 Å². The monoisotopic (exact) mass is 373 g/mol. The molecule has 0 unspecified atom stereocenters. The number of benzene rings is 2. The number of hydrogen-bond donors (Lipinski definition) is 2. The molecule has 0 saturated carbocycles. The summed E-state index contributed by atoms with van der Waals surface area (Å²) in [7, 11) is 0. The highest BCUT2D eigenvalue weighted by Gasteiger charge is 2.18. The molecule has 134 valence electrons. The van der Waals surface area contributed by atoms with Crippen molar-refractivity contribution in [2.24, 2.45) is 5.92 Å². The van der Waals surface area contributed by atoms with E-state index in [0.29, 0.717) is 5.39 Å². The number of H-pyrrole nitrogens is 1. The fourth-order valence-electron chi connectivity index (χ4n) is 2.53. The van der Waals surface area contributed by atoms with Crippen molar-refractivity contribution in [3.63, 3.8) is 0 Å². The van der Waals surface area contributed by atoms with Crippen LogP contribution in [0.2, 0.25) is 5.02 Å². The Kier molecular flexibility index (Phi) is 5.04. The Balaban J connectivity index is 1.85. The van der Waals surface area contributed by atoms with E-state index in [4.69, 9.17) is 11.6 Å². The molecule has 0 saturated heterocycles. The van der Waals surface area contributed by atoms with Crippen LogP contribution < -0.4 is 5.32 Å². The van der Waals surface area contributed by atoms with E-state index in [2.05, 4.69) is 15.5 Å². The minimum absolute atomic E-state index is 0.0402. The Labute approximate surface area is 154 Å². The third-order valence-corrected chi connectivity index (χ3v) is 4.39. The molecule has 5 nitrogen and oxygen atoms in total. The maximum atomic E-state index is 14.3. The van der Waals surface area contributed by atoms with Crippen molar-refractivity contribution in [2.45, 2.75) is 20.3 Å². The van der Waals surface area contributed by atoms with Gasteiger partial charge in [-0.15, -0.1) is 0 Å². The molecule has 0 aliphatic heterocycles. The lowest BCUT2D eigenvalue weighted by Crippen LogP contribution is -2.15. The largest absolute Gasteiger partial charge is 0.319 e. The second-order valence-corrected chi connectivity index (χ2v) is 6.70. The number of carbonyl (C=O) groups is 2. The Bertz CT molecular complexity index is 998. The number of carbonyl (C=O) groups excluding carboxylic acids is 2. The van der Waals surface area contributed by atoms with E-state index in [1.54, 1.807) is 32.0 Å². The number of halogens is 2. The first kappa shape index (κ1) is 18.1. The minimum Gasteiger partial charge on any atom is -0.319 e. The van der Waals surface area contributed by atoms with Gasteiger partial charge in [0.05, 0.1) is 16.2 Å². The fourth-order valence-corrected chi connectivity index (χ4v) is 2.76. The van der Waals surface area contributed by atoms with Gasteiger partial charge in [0.1, 0.15) is 11.6 Å². The zero-order valence-corrected chi connectivity index (χ0v) is 15.0. The molecule has 7 heteroatoms. The van der Waals surface area contributed by atoms with Gasteiger partial charge >= 0.3 is 0 Å². The number of anilines is 1. The maximum absolute atomic E-state index is 14.3. The smallest absolute Gasteiger partial charge is 0.276 e. The zero-order chi connectivity index (χ0) is 18.8. The van der Waals surface area contributed by atoms with E-state index in [1.165, 1.54) is 6.07 Å². The maximum Gasteiger partial charge on any atom is 0.276 e. The van der Waals surface area contributed by atoms with Crippen molar-refractivity contribution in [3.8, 4) is 0 Å². The molecule has 3 rings (SSSR count). The molecule has 0 fully saturated rings. The number of para-hydroxylation sites is 1. The predicted octanol–water partition coefficient (Wildman–Crippen LogP) is 4.38. The first-order valence-electron chi connectivity index (χ1n) is 8.12. The van der Waals surface area contributed by atoms with Crippen LogP contribution in [0, 0.1) is 11.7 Å². The lowest BCUT2D eigenvalue weighted by molar-refractivity contribution is -0.121. The molecule has 1 amide bonds. The van der Waals surface area contributed by atoms with E-state index in [0.717, 1.165) is 11.6 Å². The number of nitrogens with zero attached hydrogens (tertiary/aromatic N) is 1. The molecule has 3 aromatic rings. The van der Waals surface area contributed by atoms with Gasteiger partial charge in [-0.1, -0.05) is 43.6 Å². The Morgan fingerprint density at radius 2 is 2.00 bits per heavy atom. The number of rotatable bonds is 5. The van der Waals surface area contributed by atoms with Gasteiger partial charge in [0.2, 0.25) is 0 Å². The molecule has 2 N–H and O–H groups in total. The van der Waals surface area contributed by atoms with Gasteiger partial charge in [-0.25, -0.2) is 4.39 Å². The van der Waals surface area contributed by atoms with Crippen molar-refractivity contribution in [1.29, 1.82) is 0 Å². The van der Waals surface area contributed by atoms with Crippen LogP contribution in [0.25, 0.3) is 10.9 Å². The summed E-state index contributed by atoms with van der Waals surface area (Å²) in [5.74, 6) is -1.37. The number of fused-ring (bicyclic) bond motifs is 1. The number of nitrogens with one attached hydrogen (secondary N) is 2. The van der Waals surface area contributed by atoms with Gasteiger partial charge in [-0.3, -0.25) is 14.7 Å². The van der Waals surface area contributed by atoms with Crippen LogP contribution >= 0.6 is 11.6 Å². The van der Waals surface area contributed by atoms with Gasteiger partial charge in [-0.2, -0.15) is 5.10 Å². The molecule has 0 spiro atoms. The highest BCUT2D eigenvalue weighted by Crippen LogP contribution is 2.27. The summed E-state index contributed by atoms with van der Waals surface area (Å²) in [6.07, 6.45) is -0.0402. The molecule has 0 aliphatic carbocycles. The molecule has 2 aromatic carbocycles. The number of Topliss-reactive ketones (excluding diaryl/α,β-unsaturated/α-hetero) is 1. The third kappa shape index (κ3) is 3.60. The van der Waals surface area contributed by atoms with E-state index >= 15 is 0 Å². The van der Waals surface area contributed by atoms with Gasteiger partial charge in [0, 0.05) is 17.7 Å². The average Bonchev–Trinajstić information content (AvgIpc) is 3.03. The molecule has 26 heavy (non-hydrogen) atoms. The highest BCUT2D eigenvalue weighted by atomic mass is 35.5. The van der Waals surface area contributed by atoms with Gasteiger partial charge < -0.3 is 5.32 Å². The molecule has 1 heterocycles. The topological polar surface area (TPSA) is 74.8 Å². The Morgan fingerprint density at radius 1 is 1.27 bits per heavy atom. The summed E-state index contributed by atoms with van der Waals surface area (Å²) in [5, 5.41) is 10.2. The molecule has 0 aliphatic rings. The standard InChI is InChI=1S/C19H17ClFN3O2/c1-10(2)17(25)8-11-7-13(20)16(9-14(11)21)22-19(26)18-12-5-3-4-6-15(12)23-24-18/h3-7,9-10H,8H2,1-2H3,(H,22,26)(H,23,24). The van der Waals surface area contributed by atoms with Crippen molar-refractivity contribution in [3.05, 3.63) is 58.5 Å². The van der Waals surface area contributed by atoms with Crippen molar-refractivity contribution >= 4 is 39.9 Å². The van der Waals surface area contributed by atoms with Crippen LogP contribution in [0.3, 0.4) is 0 Å². The molecule has 0 bridgehead atoms. The van der Waals surface area contributed by atoms with E-state index < -0.39 is 11.7 Å². The second kappa shape index (κ2) is 7.25. The van der Waals surface area contributed by atoms with Gasteiger partial charge in [-0.05, 0) is 23.8 Å².